The molecule has 0 saturated heterocycles. The number of aromatic hydroxyl groups is 1. The molecule has 0 unspecified atom stereocenters. The third-order valence-corrected chi connectivity index (χ3v) is 1.99. The molecule has 0 atom stereocenters. The van der Waals surface area contributed by atoms with E-state index in [0.29, 0.717) is 10.8 Å². The zero-order valence-electron chi connectivity index (χ0n) is 8.39. The normalized spacial score (nSPS) is 10.3. The van der Waals surface area contributed by atoms with E-state index in [0.717, 1.165) is 0 Å². The van der Waals surface area contributed by atoms with Gasteiger partial charge in [0.05, 0.1) is 5.39 Å². The molecule has 0 aliphatic rings. The monoisotopic (exact) mass is 220 g/mol. The fourth-order valence-corrected chi connectivity index (χ4v) is 1.38. The summed E-state index contributed by atoms with van der Waals surface area (Å²) in [5.74, 6) is -0.670. The molecule has 1 N–H and O–H groups in total. The van der Waals surface area contributed by atoms with Gasteiger partial charge in [0.15, 0.2) is 0 Å². The molecule has 1 heterocycles. The summed E-state index contributed by atoms with van der Waals surface area (Å²) in [6.45, 7) is 1.27. The minimum atomic E-state index is -0.634. The molecular formula is C11H8O5. The van der Waals surface area contributed by atoms with E-state index in [-0.39, 0.29) is 5.75 Å². The molecule has 5 heteroatoms. The van der Waals surface area contributed by atoms with E-state index in [1.807, 2.05) is 0 Å². The maximum absolute atomic E-state index is 11.0. The first-order valence-electron chi connectivity index (χ1n) is 4.51. The van der Waals surface area contributed by atoms with Gasteiger partial charge in [-0.3, -0.25) is 4.79 Å². The number of hydrogen-bond acceptors (Lipinski definition) is 5. The maximum atomic E-state index is 11.0. The molecule has 0 aliphatic carbocycles. The summed E-state index contributed by atoms with van der Waals surface area (Å²) in [6, 6.07) is 5.76. The predicted molar refractivity (Wildman–Crippen MR) is 55.5 cm³/mol. The Hall–Kier alpha value is -2.30. The summed E-state index contributed by atoms with van der Waals surface area (Å²) in [7, 11) is 0. The van der Waals surface area contributed by atoms with Crippen LogP contribution in [0.3, 0.4) is 0 Å². The second-order valence-corrected chi connectivity index (χ2v) is 3.21. The number of benzene rings is 1. The number of hydrogen-bond donors (Lipinski definition) is 1. The van der Waals surface area contributed by atoms with Crippen LogP contribution in [0, 0.1) is 0 Å². The van der Waals surface area contributed by atoms with E-state index >= 15 is 0 Å². The van der Waals surface area contributed by atoms with Crippen LogP contribution in [-0.2, 0) is 4.79 Å². The Morgan fingerprint density at radius 2 is 2.12 bits per heavy atom. The van der Waals surface area contributed by atoms with Crippen molar-refractivity contribution >= 4 is 16.7 Å². The van der Waals surface area contributed by atoms with E-state index in [9.17, 15) is 14.7 Å². The Bertz CT molecular complexity index is 611. The van der Waals surface area contributed by atoms with Crippen LogP contribution in [0.25, 0.3) is 10.8 Å². The topological polar surface area (TPSA) is 76.7 Å². The van der Waals surface area contributed by atoms with E-state index < -0.39 is 17.5 Å². The second kappa shape index (κ2) is 3.69. The molecule has 16 heavy (non-hydrogen) atoms. The Labute approximate surface area is 89.9 Å². The molecule has 0 aliphatic heterocycles. The van der Waals surface area contributed by atoms with Gasteiger partial charge in [-0.25, -0.2) is 4.79 Å². The van der Waals surface area contributed by atoms with Gasteiger partial charge in [-0.05, 0) is 17.5 Å². The molecular weight excluding hydrogens is 212 g/mol. The molecule has 5 nitrogen and oxygen atoms in total. The van der Waals surface area contributed by atoms with Gasteiger partial charge in [-0.2, -0.15) is 0 Å². The van der Waals surface area contributed by atoms with Gasteiger partial charge >= 0.3 is 11.6 Å². The maximum Gasteiger partial charge on any atom is 0.339 e. The lowest BCUT2D eigenvalue weighted by Crippen LogP contribution is -2.01. The molecule has 0 fully saturated rings. The zero-order chi connectivity index (χ0) is 11.7. The molecule has 0 spiro atoms. The first-order chi connectivity index (χ1) is 7.56. The lowest BCUT2D eigenvalue weighted by Gasteiger charge is -2.03. The van der Waals surface area contributed by atoms with Crippen molar-refractivity contribution in [2.24, 2.45) is 0 Å². The van der Waals surface area contributed by atoms with Crippen LogP contribution in [0.1, 0.15) is 6.92 Å². The van der Waals surface area contributed by atoms with E-state index in [1.165, 1.54) is 25.1 Å². The summed E-state index contributed by atoms with van der Waals surface area (Å²) in [5.41, 5.74) is -0.634. The molecule has 1 aromatic heterocycles. The summed E-state index contributed by atoms with van der Waals surface area (Å²) in [4.78, 5) is 21.7. The van der Waals surface area contributed by atoms with Crippen molar-refractivity contribution in [1.82, 2.24) is 0 Å². The van der Waals surface area contributed by atoms with Gasteiger partial charge in [-0.1, -0.05) is 6.07 Å². The van der Waals surface area contributed by atoms with Gasteiger partial charge in [-0.15, -0.1) is 0 Å². The van der Waals surface area contributed by atoms with E-state index in [2.05, 4.69) is 4.42 Å². The number of ether oxygens (including phenoxy) is 1. The second-order valence-electron chi connectivity index (χ2n) is 3.21. The number of carbonyl (C=O) groups excluding carboxylic acids is 1. The number of esters is 1. The SMILES string of the molecule is CC(=O)Oc1ccc2cc(=O)oc(O)c2c1. The highest BCUT2D eigenvalue weighted by Gasteiger charge is 2.06. The average Bonchev–Trinajstić information content (AvgIpc) is 2.18. The molecule has 2 aromatic rings. The van der Waals surface area contributed by atoms with Crippen LogP contribution in [0.2, 0.25) is 0 Å². The molecule has 0 radical (unpaired) electrons. The van der Waals surface area contributed by atoms with Gasteiger partial charge in [0.25, 0.3) is 5.95 Å². The van der Waals surface area contributed by atoms with Gasteiger partial charge < -0.3 is 14.3 Å². The Morgan fingerprint density at radius 1 is 1.38 bits per heavy atom. The smallest absolute Gasteiger partial charge is 0.339 e. The lowest BCUT2D eigenvalue weighted by atomic mass is 10.2. The molecule has 82 valence electrons. The minimum Gasteiger partial charge on any atom is -0.480 e. The highest BCUT2D eigenvalue weighted by atomic mass is 16.5. The molecule has 0 bridgehead atoms. The van der Waals surface area contributed by atoms with Crippen LogP contribution in [0.4, 0.5) is 0 Å². The summed E-state index contributed by atoms with van der Waals surface area (Å²) >= 11 is 0. The van der Waals surface area contributed by atoms with Crippen molar-refractivity contribution in [3.63, 3.8) is 0 Å². The first-order valence-corrected chi connectivity index (χ1v) is 4.51. The quantitative estimate of drug-likeness (QED) is 0.581. The number of rotatable bonds is 1. The predicted octanol–water partition coefficient (Wildman–Crippen LogP) is 1.42. The van der Waals surface area contributed by atoms with Crippen molar-refractivity contribution in [1.29, 1.82) is 0 Å². The highest BCUT2D eigenvalue weighted by molar-refractivity contribution is 5.87. The highest BCUT2D eigenvalue weighted by Crippen LogP contribution is 2.26. The van der Waals surface area contributed by atoms with Crippen molar-refractivity contribution in [3.05, 3.63) is 34.7 Å². The Kier molecular flexibility index (Phi) is 2.36. The Balaban J connectivity index is 2.61. The van der Waals surface area contributed by atoms with Crippen LogP contribution < -0.4 is 10.4 Å². The van der Waals surface area contributed by atoms with Crippen molar-refractivity contribution in [2.75, 3.05) is 0 Å². The summed E-state index contributed by atoms with van der Waals surface area (Å²) < 4.78 is 9.35. The van der Waals surface area contributed by atoms with Crippen LogP contribution in [0.15, 0.2) is 33.5 Å². The van der Waals surface area contributed by atoms with Gasteiger partial charge in [0.2, 0.25) is 0 Å². The fraction of sp³-hybridized carbons (Fsp3) is 0.0909. The Morgan fingerprint density at radius 3 is 2.81 bits per heavy atom. The zero-order valence-corrected chi connectivity index (χ0v) is 8.39. The van der Waals surface area contributed by atoms with Crippen molar-refractivity contribution in [2.45, 2.75) is 6.92 Å². The van der Waals surface area contributed by atoms with Crippen LogP contribution in [-0.4, -0.2) is 11.1 Å². The van der Waals surface area contributed by atoms with Crippen LogP contribution >= 0.6 is 0 Å². The fourth-order valence-electron chi connectivity index (χ4n) is 1.38. The van der Waals surface area contributed by atoms with Crippen LogP contribution in [0.5, 0.6) is 11.7 Å². The van der Waals surface area contributed by atoms with Gasteiger partial charge in [0.1, 0.15) is 5.75 Å². The lowest BCUT2D eigenvalue weighted by molar-refractivity contribution is -0.131. The first kappa shape index (κ1) is 10.2. The van der Waals surface area contributed by atoms with E-state index in [4.69, 9.17) is 4.74 Å². The summed E-state index contributed by atoms with van der Waals surface area (Å²) in [6.07, 6.45) is 0. The molecule has 1 aromatic carbocycles. The standard InChI is InChI=1S/C11H8O5/c1-6(12)15-8-3-2-7-4-10(13)16-11(14)9(7)5-8/h2-5,14H,1H3. The third-order valence-electron chi connectivity index (χ3n) is 1.99. The van der Waals surface area contributed by atoms with Gasteiger partial charge in [0, 0.05) is 13.0 Å². The third kappa shape index (κ3) is 1.88. The van der Waals surface area contributed by atoms with E-state index in [1.54, 1.807) is 6.07 Å². The largest absolute Gasteiger partial charge is 0.480 e. The van der Waals surface area contributed by atoms with Crippen molar-refractivity contribution < 1.29 is 19.1 Å². The number of fused-ring (bicyclic) bond motifs is 1. The minimum absolute atomic E-state index is 0.282. The number of carbonyl (C=O) groups is 1. The summed E-state index contributed by atoms with van der Waals surface area (Å²) in [5, 5.41) is 10.2. The molecule has 0 amide bonds. The van der Waals surface area contributed by atoms with Crippen molar-refractivity contribution in [3.8, 4) is 11.7 Å². The average molecular weight is 220 g/mol. The molecule has 0 saturated carbocycles. The molecule has 2 rings (SSSR count).